The van der Waals surface area contributed by atoms with Crippen molar-refractivity contribution in [3.05, 3.63) is 85.1 Å². The average Bonchev–Trinajstić information content (AvgIpc) is 3.42. The molecule has 0 aliphatic carbocycles. The molecule has 76 heavy (non-hydrogen) atoms. The fourth-order valence-corrected chi connectivity index (χ4v) is 9.29. The zero-order valence-electron chi connectivity index (χ0n) is 50.3. The molecular weight excluding hydrogens is 937 g/mol. The van der Waals surface area contributed by atoms with Crippen molar-refractivity contribution in [2.75, 3.05) is 13.2 Å². The Balaban J connectivity index is 4.31. The number of unbranched alkanes of at least 4 members (excludes halogenated alkanes) is 34. The summed E-state index contributed by atoms with van der Waals surface area (Å²) in [6.45, 7) is 6.46. The van der Waals surface area contributed by atoms with Crippen molar-refractivity contribution in [3.63, 3.8) is 0 Å². The van der Waals surface area contributed by atoms with Crippen LogP contribution in [0.25, 0.3) is 0 Å². The highest BCUT2D eigenvalue weighted by atomic mass is 16.6. The quantitative estimate of drug-likeness (QED) is 0.0261. The van der Waals surface area contributed by atoms with Gasteiger partial charge >= 0.3 is 17.9 Å². The molecule has 0 rings (SSSR count). The van der Waals surface area contributed by atoms with Crippen molar-refractivity contribution in [2.24, 2.45) is 0 Å². The van der Waals surface area contributed by atoms with E-state index in [1.165, 1.54) is 186 Å². The van der Waals surface area contributed by atoms with Crippen LogP contribution in [0.15, 0.2) is 85.1 Å². The van der Waals surface area contributed by atoms with Gasteiger partial charge in [-0.25, -0.2) is 0 Å². The van der Waals surface area contributed by atoms with Crippen molar-refractivity contribution in [1.82, 2.24) is 0 Å². The summed E-state index contributed by atoms with van der Waals surface area (Å²) >= 11 is 0. The normalized spacial score (nSPS) is 12.6. The fourth-order valence-electron chi connectivity index (χ4n) is 9.29. The number of carbonyl (C=O) groups excluding carboxylic acids is 3. The van der Waals surface area contributed by atoms with Crippen LogP contribution in [0.4, 0.5) is 0 Å². The molecule has 0 radical (unpaired) electrons. The van der Waals surface area contributed by atoms with Crippen molar-refractivity contribution >= 4 is 17.9 Å². The van der Waals surface area contributed by atoms with Crippen LogP contribution in [0.1, 0.15) is 323 Å². The fraction of sp³-hybridized carbons (Fsp3) is 0.757. The van der Waals surface area contributed by atoms with Crippen LogP contribution in [0.5, 0.6) is 0 Å². The van der Waals surface area contributed by atoms with E-state index >= 15 is 0 Å². The molecule has 1 unspecified atom stereocenters. The highest BCUT2D eigenvalue weighted by Gasteiger charge is 2.19. The SMILES string of the molecule is CC/C=C\C/C=C\C/C=C\C/C=C\CCC(=O)OCC(COC(=O)CCCCCCCCCCCCCCCCCCCCCCCCCCCC)OC(=O)CCCCCCCC/C=C\C/C=C\C/C=C\CCCCC. The zero-order chi connectivity index (χ0) is 55.0. The molecule has 0 N–H and O–H groups in total. The lowest BCUT2D eigenvalue weighted by Crippen LogP contribution is -2.30. The molecule has 0 spiro atoms. The van der Waals surface area contributed by atoms with Gasteiger partial charge < -0.3 is 14.2 Å². The topological polar surface area (TPSA) is 78.9 Å². The minimum atomic E-state index is -0.813. The highest BCUT2D eigenvalue weighted by molar-refractivity contribution is 5.71. The minimum Gasteiger partial charge on any atom is -0.462 e. The van der Waals surface area contributed by atoms with E-state index in [0.29, 0.717) is 19.3 Å². The van der Waals surface area contributed by atoms with E-state index in [9.17, 15) is 14.4 Å². The Morgan fingerprint density at radius 2 is 0.539 bits per heavy atom. The number of hydrogen-bond donors (Lipinski definition) is 0. The van der Waals surface area contributed by atoms with Crippen LogP contribution in [0, 0.1) is 0 Å². The lowest BCUT2D eigenvalue weighted by Gasteiger charge is -2.18. The van der Waals surface area contributed by atoms with Gasteiger partial charge in [-0.2, -0.15) is 0 Å². The molecule has 0 aromatic carbocycles. The second-order valence-electron chi connectivity index (χ2n) is 21.6. The summed E-state index contributed by atoms with van der Waals surface area (Å²) < 4.78 is 16.8. The Labute approximate surface area is 471 Å². The summed E-state index contributed by atoms with van der Waals surface area (Å²) in [4.78, 5) is 38.2. The van der Waals surface area contributed by atoms with Crippen LogP contribution in [-0.4, -0.2) is 37.2 Å². The number of carbonyl (C=O) groups is 3. The van der Waals surface area contributed by atoms with E-state index in [-0.39, 0.29) is 37.5 Å². The molecule has 0 aromatic rings. The molecule has 0 amide bonds. The molecule has 6 heteroatoms. The molecule has 0 aromatic heterocycles. The van der Waals surface area contributed by atoms with Gasteiger partial charge in [0.1, 0.15) is 13.2 Å². The van der Waals surface area contributed by atoms with Gasteiger partial charge in [-0.3, -0.25) is 14.4 Å². The highest BCUT2D eigenvalue weighted by Crippen LogP contribution is 2.17. The van der Waals surface area contributed by atoms with Gasteiger partial charge in [0, 0.05) is 19.3 Å². The number of hydrogen-bond acceptors (Lipinski definition) is 6. The number of ether oxygens (including phenoxy) is 3. The first-order valence-corrected chi connectivity index (χ1v) is 32.6. The average molecular weight is 1060 g/mol. The van der Waals surface area contributed by atoms with Crippen LogP contribution in [0.3, 0.4) is 0 Å². The monoisotopic (exact) mass is 1060 g/mol. The second kappa shape index (κ2) is 64.1. The number of esters is 3. The predicted molar refractivity (Wildman–Crippen MR) is 330 cm³/mol. The molecule has 0 saturated heterocycles. The molecule has 6 nitrogen and oxygen atoms in total. The molecule has 0 aliphatic heterocycles. The van der Waals surface area contributed by atoms with E-state index in [1.54, 1.807) is 0 Å². The van der Waals surface area contributed by atoms with Crippen LogP contribution in [-0.2, 0) is 28.6 Å². The maximum atomic E-state index is 12.9. The number of rotatable bonds is 59. The number of allylic oxidation sites excluding steroid dienone is 14. The molecule has 0 bridgehead atoms. The summed E-state index contributed by atoms with van der Waals surface area (Å²) in [6.07, 6.45) is 84.8. The summed E-state index contributed by atoms with van der Waals surface area (Å²) in [6, 6.07) is 0. The molecular formula is C70H122O6. The molecule has 0 saturated carbocycles. The van der Waals surface area contributed by atoms with E-state index in [0.717, 1.165) is 89.9 Å². The molecule has 438 valence electrons. The smallest absolute Gasteiger partial charge is 0.306 e. The van der Waals surface area contributed by atoms with Crippen molar-refractivity contribution in [1.29, 1.82) is 0 Å². The van der Waals surface area contributed by atoms with Crippen LogP contribution >= 0.6 is 0 Å². The Hall–Kier alpha value is -3.41. The molecule has 0 fully saturated rings. The first-order valence-electron chi connectivity index (χ1n) is 32.6. The third-order valence-corrected chi connectivity index (χ3v) is 14.1. The first kappa shape index (κ1) is 72.6. The van der Waals surface area contributed by atoms with E-state index < -0.39 is 6.10 Å². The van der Waals surface area contributed by atoms with Crippen molar-refractivity contribution in [2.45, 2.75) is 329 Å². The predicted octanol–water partition coefficient (Wildman–Crippen LogP) is 22.3. The maximum absolute atomic E-state index is 12.9. The lowest BCUT2D eigenvalue weighted by atomic mass is 10.0. The largest absolute Gasteiger partial charge is 0.462 e. The van der Waals surface area contributed by atoms with Gasteiger partial charge in [0.05, 0.1) is 0 Å². The van der Waals surface area contributed by atoms with E-state index in [2.05, 4.69) is 99.8 Å². The minimum absolute atomic E-state index is 0.102. The third-order valence-electron chi connectivity index (χ3n) is 14.1. The summed E-state index contributed by atoms with van der Waals surface area (Å²) in [5.74, 6) is -0.987. The maximum Gasteiger partial charge on any atom is 0.306 e. The van der Waals surface area contributed by atoms with Gasteiger partial charge in [-0.15, -0.1) is 0 Å². The Bertz CT molecular complexity index is 1450. The first-order chi connectivity index (χ1) is 37.5. The molecule has 1 atom stereocenters. The van der Waals surface area contributed by atoms with E-state index in [1.807, 2.05) is 6.08 Å². The summed E-state index contributed by atoms with van der Waals surface area (Å²) in [5, 5.41) is 0. The van der Waals surface area contributed by atoms with Gasteiger partial charge in [-0.05, 0) is 83.5 Å². The molecule has 0 heterocycles. The van der Waals surface area contributed by atoms with Crippen molar-refractivity contribution in [3.8, 4) is 0 Å². The zero-order valence-corrected chi connectivity index (χ0v) is 50.3. The summed E-state index contributed by atoms with van der Waals surface area (Å²) in [7, 11) is 0. The van der Waals surface area contributed by atoms with Gasteiger partial charge in [0.2, 0.25) is 0 Å². The van der Waals surface area contributed by atoms with Crippen LogP contribution < -0.4 is 0 Å². The van der Waals surface area contributed by atoms with Gasteiger partial charge in [-0.1, -0.05) is 305 Å². The summed E-state index contributed by atoms with van der Waals surface area (Å²) in [5.41, 5.74) is 0. The second-order valence-corrected chi connectivity index (χ2v) is 21.6. The molecule has 0 aliphatic rings. The van der Waals surface area contributed by atoms with Crippen molar-refractivity contribution < 1.29 is 28.6 Å². The lowest BCUT2D eigenvalue weighted by molar-refractivity contribution is -0.166. The third kappa shape index (κ3) is 61.4. The van der Waals surface area contributed by atoms with Gasteiger partial charge in [0.15, 0.2) is 6.10 Å². The Morgan fingerprint density at radius 1 is 0.276 bits per heavy atom. The Kier molecular flexibility index (Phi) is 61.2. The standard InChI is InChI=1S/C70H122O6/c1-4-7-10-13-16-19-22-25-27-29-31-32-33-34-35-36-37-39-40-42-45-48-51-54-57-60-63-69(72)75-66-67(65-74-68(71)62-59-56-53-50-47-44-24-21-18-15-12-9-6-3)76-70(73)64-61-58-55-52-49-46-43-41-38-30-28-26-23-20-17-14-11-8-5-2/h9,12,17-18,20-21,26,28,38,41,44,47,53,56,67H,4-8,10-11,13-16,19,22-25,27,29-37,39-40,42-43,45-46,48-52,54-55,57-66H2,1-3H3/b12-9-,20-17-,21-18-,28-26-,41-38-,47-44-,56-53-. The van der Waals surface area contributed by atoms with Gasteiger partial charge in [0.25, 0.3) is 0 Å². The van der Waals surface area contributed by atoms with Crippen LogP contribution in [0.2, 0.25) is 0 Å². The van der Waals surface area contributed by atoms with E-state index in [4.69, 9.17) is 14.2 Å². The Morgan fingerprint density at radius 3 is 0.908 bits per heavy atom.